The molecule has 0 fully saturated rings. The number of hydrogen-bond acceptors (Lipinski definition) is 3. The second-order valence-electron chi connectivity index (χ2n) is 2.97. The van der Waals surface area contributed by atoms with E-state index in [2.05, 4.69) is 15.2 Å². The highest BCUT2D eigenvalue weighted by atomic mass is 19.4. The number of carbonyl (C=O) groups excluding carboxylic acids is 1. The summed E-state index contributed by atoms with van der Waals surface area (Å²) in [5, 5.41) is 5.75. The van der Waals surface area contributed by atoms with E-state index in [0.717, 1.165) is 6.20 Å². The van der Waals surface area contributed by atoms with Crippen molar-refractivity contribution in [1.29, 1.82) is 0 Å². The zero-order valence-electron chi connectivity index (χ0n) is 7.69. The minimum atomic E-state index is -4.69. The number of azo groups is 1. The van der Waals surface area contributed by atoms with Crippen LogP contribution in [0.5, 0.6) is 0 Å². The Balaban J connectivity index is 2.58. The lowest BCUT2D eigenvalue weighted by Gasteiger charge is -2.06. The van der Waals surface area contributed by atoms with Crippen molar-refractivity contribution in [2.24, 2.45) is 10.2 Å². The van der Waals surface area contributed by atoms with Gasteiger partial charge in [-0.25, -0.2) is 0 Å². The van der Waals surface area contributed by atoms with Gasteiger partial charge in [0.2, 0.25) is 0 Å². The van der Waals surface area contributed by atoms with E-state index in [1.54, 1.807) is 0 Å². The van der Waals surface area contributed by atoms with Crippen LogP contribution in [0.2, 0.25) is 0 Å². The zero-order chi connectivity index (χ0) is 11.8. The molecular weight excluding hydrogens is 223 g/mol. The number of rotatable bonds is 1. The summed E-state index contributed by atoms with van der Waals surface area (Å²) in [5.74, 6) is -1.000. The van der Waals surface area contributed by atoms with Crippen molar-refractivity contribution >= 4 is 11.5 Å². The molecule has 0 saturated heterocycles. The van der Waals surface area contributed by atoms with Crippen LogP contribution in [0.3, 0.4) is 0 Å². The number of nitrogens with zero attached hydrogens (tertiary/aromatic N) is 3. The Bertz CT molecular complexity index is 490. The fraction of sp³-hybridized carbons (Fsp3) is 0.111. The maximum Gasteiger partial charge on any atom is 0.436 e. The van der Waals surface area contributed by atoms with Crippen molar-refractivity contribution in [3.8, 4) is 0 Å². The Morgan fingerprint density at radius 2 is 1.94 bits per heavy atom. The first-order chi connectivity index (χ1) is 7.50. The number of pyridine rings is 1. The number of halogens is 3. The average molecular weight is 227 g/mol. The maximum absolute atomic E-state index is 12.5. The smallest absolute Gasteiger partial charge is 0.265 e. The average Bonchev–Trinajstić information content (AvgIpc) is 2.61. The topological polar surface area (TPSA) is 54.7 Å². The predicted molar refractivity (Wildman–Crippen MR) is 47.1 cm³/mol. The molecule has 1 amide bonds. The van der Waals surface area contributed by atoms with Crippen molar-refractivity contribution in [3.05, 3.63) is 35.8 Å². The van der Waals surface area contributed by atoms with Gasteiger partial charge in [-0.3, -0.25) is 9.78 Å². The van der Waals surface area contributed by atoms with Crippen LogP contribution in [-0.2, 0) is 4.79 Å². The Morgan fingerprint density at radius 1 is 1.19 bits per heavy atom. The van der Waals surface area contributed by atoms with Gasteiger partial charge in [-0.2, -0.15) is 13.2 Å². The number of amides is 1. The first kappa shape index (κ1) is 10.5. The van der Waals surface area contributed by atoms with Gasteiger partial charge >= 0.3 is 6.18 Å². The van der Waals surface area contributed by atoms with Crippen molar-refractivity contribution in [3.63, 3.8) is 0 Å². The number of hydrogen-bond donors (Lipinski definition) is 0. The normalized spacial score (nSPS) is 16.1. The maximum atomic E-state index is 12.5. The molecule has 0 radical (unpaired) electrons. The Kier molecular flexibility index (Phi) is 2.30. The van der Waals surface area contributed by atoms with Crippen LogP contribution in [-0.4, -0.2) is 17.1 Å². The van der Waals surface area contributed by atoms with Crippen LogP contribution in [0.15, 0.2) is 40.5 Å². The lowest BCUT2D eigenvalue weighted by Crippen LogP contribution is -2.12. The number of alkyl halides is 3. The van der Waals surface area contributed by atoms with Crippen LogP contribution in [0.4, 0.5) is 13.2 Å². The number of allylic oxidation sites excluding steroid dienone is 1. The predicted octanol–water partition coefficient (Wildman–Crippen LogP) is 2.35. The standard InChI is InChI=1S/C9H4F3N3O/c10-9(11,12)7-6(8(16)15-14-7)5-2-1-3-13-4-5/h1-4H. The molecule has 0 saturated carbocycles. The summed E-state index contributed by atoms with van der Waals surface area (Å²) in [6.07, 6.45) is -2.14. The molecule has 1 aromatic heterocycles. The zero-order valence-corrected chi connectivity index (χ0v) is 7.69. The summed E-state index contributed by atoms with van der Waals surface area (Å²) >= 11 is 0. The Labute approximate surface area is 87.5 Å². The molecule has 2 rings (SSSR count). The molecular formula is C9H4F3N3O. The van der Waals surface area contributed by atoms with Gasteiger partial charge in [-0.05, 0) is 6.07 Å². The van der Waals surface area contributed by atoms with E-state index in [-0.39, 0.29) is 5.56 Å². The summed E-state index contributed by atoms with van der Waals surface area (Å²) in [7, 11) is 0. The van der Waals surface area contributed by atoms with Crippen molar-refractivity contribution in [1.82, 2.24) is 4.98 Å². The molecule has 0 bridgehead atoms. The quantitative estimate of drug-likeness (QED) is 0.739. The Hall–Kier alpha value is -2.05. The summed E-state index contributed by atoms with van der Waals surface area (Å²) in [5.41, 5.74) is -1.77. The second-order valence-corrected chi connectivity index (χ2v) is 2.97. The molecule has 0 N–H and O–H groups in total. The highest BCUT2D eigenvalue weighted by Crippen LogP contribution is 2.37. The molecule has 4 nitrogen and oxygen atoms in total. The Morgan fingerprint density at radius 3 is 2.50 bits per heavy atom. The van der Waals surface area contributed by atoms with Gasteiger partial charge in [-0.1, -0.05) is 6.07 Å². The molecule has 0 aromatic carbocycles. The molecule has 0 unspecified atom stereocenters. The summed E-state index contributed by atoms with van der Waals surface area (Å²) in [6.45, 7) is 0. The molecule has 1 aromatic rings. The van der Waals surface area contributed by atoms with Gasteiger partial charge in [-0.15, -0.1) is 10.2 Å². The van der Waals surface area contributed by atoms with Gasteiger partial charge in [0.1, 0.15) is 0 Å². The van der Waals surface area contributed by atoms with Gasteiger partial charge in [0.05, 0.1) is 5.57 Å². The van der Waals surface area contributed by atoms with E-state index in [4.69, 9.17) is 0 Å². The molecule has 0 spiro atoms. The van der Waals surface area contributed by atoms with E-state index in [1.165, 1.54) is 18.3 Å². The van der Waals surface area contributed by atoms with Crippen LogP contribution in [0, 0.1) is 0 Å². The fourth-order valence-corrected chi connectivity index (χ4v) is 1.27. The first-order valence-corrected chi connectivity index (χ1v) is 4.18. The third-order valence-corrected chi connectivity index (χ3v) is 1.91. The van der Waals surface area contributed by atoms with Gasteiger partial charge in [0, 0.05) is 18.0 Å². The molecule has 7 heteroatoms. The number of carbonyl (C=O) groups is 1. The van der Waals surface area contributed by atoms with Crippen LogP contribution >= 0.6 is 0 Å². The van der Waals surface area contributed by atoms with Crippen LogP contribution in [0.25, 0.3) is 5.57 Å². The van der Waals surface area contributed by atoms with E-state index >= 15 is 0 Å². The van der Waals surface area contributed by atoms with E-state index in [1.807, 2.05) is 0 Å². The van der Waals surface area contributed by atoms with Gasteiger partial charge in [0.15, 0.2) is 5.70 Å². The number of aromatic nitrogens is 1. The highest BCUT2D eigenvalue weighted by Gasteiger charge is 2.42. The lowest BCUT2D eigenvalue weighted by atomic mass is 10.1. The molecule has 82 valence electrons. The minimum Gasteiger partial charge on any atom is -0.265 e. The summed E-state index contributed by atoms with van der Waals surface area (Å²) < 4.78 is 37.5. The first-order valence-electron chi connectivity index (χ1n) is 4.18. The largest absolute Gasteiger partial charge is 0.436 e. The molecule has 0 atom stereocenters. The van der Waals surface area contributed by atoms with Crippen molar-refractivity contribution in [2.45, 2.75) is 6.18 Å². The monoisotopic (exact) mass is 227 g/mol. The third kappa shape index (κ3) is 1.71. The van der Waals surface area contributed by atoms with Crippen LogP contribution < -0.4 is 0 Å². The van der Waals surface area contributed by atoms with Crippen molar-refractivity contribution < 1.29 is 18.0 Å². The van der Waals surface area contributed by atoms with E-state index < -0.39 is 23.4 Å². The summed E-state index contributed by atoms with van der Waals surface area (Å²) in [4.78, 5) is 14.8. The van der Waals surface area contributed by atoms with E-state index in [9.17, 15) is 18.0 Å². The van der Waals surface area contributed by atoms with Crippen molar-refractivity contribution in [2.75, 3.05) is 0 Å². The molecule has 2 heterocycles. The minimum absolute atomic E-state index is 0.0600. The molecule has 16 heavy (non-hydrogen) atoms. The molecule has 1 aliphatic heterocycles. The third-order valence-electron chi connectivity index (χ3n) is 1.91. The van der Waals surface area contributed by atoms with Gasteiger partial charge in [0.25, 0.3) is 5.91 Å². The molecule has 0 aliphatic carbocycles. The van der Waals surface area contributed by atoms with Crippen LogP contribution in [0.1, 0.15) is 5.56 Å². The van der Waals surface area contributed by atoms with E-state index in [0.29, 0.717) is 0 Å². The fourth-order valence-electron chi connectivity index (χ4n) is 1.27. The summed E-state index contributed by atoms with van der Waals surface area (Å²) in [6, 6.07) is 2.78. The lowest BCUT2D eigenvalue weighted by molar-refractivity contribution is -0.113. The second kappa shape index (κ2) is 3.51. The van der Waals surface area contributed by atoms with Gasteiger partial charge < -0.3 is 0 Å². The molecule has 1 aliphatic rings. The SMILES string of the molecule is O=C1N=NC(C(F)(F)F)=C1c1cccnc1. The highest BCUT2D eigenvalue weighted by molar-refractivity contribution is 6.22.